The molecule has 0 radical (unpaired) electrons. The normalized spacial score (nSPS) is 16.8. The summed E-state index contributed by atoms with van der Waals surface area (Å²) in [4.78, 5) is 30.1. The Hall–Kier alpha value is -4.37. The third kappa shape index (κ3) is 5.02. The topological polar surface area (TPSA) is 130 Å². The minimum Gasteiger partial charge on any atom is -0.507 e. The Morgan fingerprint density at radius 3 is 1.84 bits per heavy atom. The van der Waals surface area contributed by atoms with Crippen LogP contribution in [0, 0.1) is 5.41 Å². The van der Waals surface area contributed by atoms with E-state index in [1.807, 2.05) is 10.8 Å². The average Bonchev–Trinajstić information content (AvgIpc) is 3.82. The quantitative estimate of drug-likeness (QED) is 0.163. The van der Waals surface area contributed by atoms with Gasteiger partial charge in [0.05, 0.1) is 43.8 Å². The monoisotopic (exact) mass is 748 g/mol. The largest absolute Gasteiger partial charge is 0.507 e. The lowest BCUT2D eigenvalue weighted by molar-refractivity contribution is 0.0974. The number of thiophene rings is 3. The van der Waals surface area contributed by atoms with Gasteiger partial charge in [0.1, 0.15) is 37.9 Å². The van der Waals surface area contributed by atoms with Gasteiger partial charge in [-0.25, -0.2) is 0 Å². The van der Waals surface area contributed by atoms with Gasteiger partial charge in [-0.1, -0.05) is 31.2 Å². The van der Waals surface area contributed by atoms with Gasteiger partial charge < -0.3 is 38.6 Å². The number of rotatable bonds is 6. The molecule has 14 heteroatoms. The van der Waals surface area contributed by atoms with Gasteiger partial charge in [0.25, 0.3) is 0 Å². The summed E-state index contributed by atoms with van der Waals surface area (Å²) in [5, 5.41) is 26.0. The lowest BCUT2D eigenvalue weighted by Crippen LogP contribution is -2.33. The molecular formula is C36H28O10S4. The van der Waals surface area contributed by atoms with E-state index in [9.17, 15) is 19.8 Å². The van der Waals surface area contributed by atoms with Gasteiger partial charge in [0.2, 0.25) is 0 Å². The Kier molecular flexibility index (Phi) is 7.68. The molecule has 0 unspecified atom stereocenters. The van der Waals surface area contributed by atoms with E-state index in [4.69, 9.17) is 28.4 Å². The summed E-state index contributed by atoms with van der Waals surface area (Å²) in [5.74, 6) is 3.36. The third-order valence-electron chi connectivity index (χ3n) is 8.90. The molecule has 3 aromatic heterocycles. The summed E-state index contributed by atoms with van der Waals surface area (Å²) >= 11 is 6.15. The van der Waals surface area contributed by atoms with Crippen LogP contribution in [-0.4, -0.2) is 67.2 Å². The molecule has 0 atom stereocenters. The minimum atomic E-state index is -0.488. The molecule has 0 spiro atoms. The molecule has 0 saturated heterocycles. The van der Waals surface area contributed by atoms with Crippen LogP contribution in [0.4, 0.5) is 0 Å². The molecule has 0 bridgehead atoms. The van der Waals surface area contributed by atoms with Crippen LogP contribution in [0.15, 0.2) is 41.1 Å². The van der Waals surface area contributed by atoms with Crippen molar-refractivity contribution >= 4 is 57.3 Å². The van der Waals surface area contributed by atoms with E-state index in [1.165, 1.54) is 40.5 Å². The molecule has 2 aromatic carbocycles. The van der Waals surface area contributed by atoms with Crippen LogP contribution >= 0.6 is 45.8 Å². The van der Waals surface area contributed by atoms with Crippen molar-refractivity contribution in [1.82, 2.24) is 0 Å². The fourth-order valence-corrected chi connectivity index (χ4v) is 11.0. The highest BCUT2D eigenvalue weighted by Crippen LogP contribution is 2.61. The number of hydrogen-bond acceptors (Lipinski definition) is 14. The molecule has 0 fully saturated rings. The summed E-state index contributed by atoms with van der Waals surface area (Å²) in [7, 11) is 0. The Balaban J connectivity index is 0.993. The first kappa shape index (κ1) is 31.6. The molecule has 0 amide bonds. The van der Waals surface area contributed by atoms with E-state index in [2.05, 4.69) is 6.92 Å². The number of carbonyl (C=O) groups is 2. The van der Waals surface area contributed by atoms with Crippen LogP contribution in [-0.2, 0) is 5.75 Å². The maximum absolute atomic E-state index is 13.4. The molecule has 0 saturated carbocycles. The second kappa shape index (κ2) is 12.1. The Morgan fingerprint density at radius 2 is 1.26 bits per heavy atom. The highest BCUT2D eigenvalue weighted by Gasteiger charge is 2.39. The van der Waals surface area contributed by atoms with Gasteiger partial charge in [-0.3, -0.25) is 9.59 Å². The molecule has 5 aromatic rings. The van der Waals surface area contributed by atoms with E-state index < -0.39 is 17.0 Å². The maximum Gasteiger partial charge on any atom is 0.198 e. The maximum atomic E-state index is 13.4. The SMILES string of the molecule is CC1(CSCc2cc(O)c3c(c2O)C(=O)c2ccccc2C3=O)COc2c(-c3scc4c3OCCO4)sc(-c3scc4c3OCCO4)c2OC1. The number of fused-ring (bicyclic) bond motifs is 5. The number of ether oxygens (including phenoxy) is 6. The minimum absolute atomic E-state index is 0.156. The summed E-state index contributed by atoms with van der Waals surface area (Å²) in [6.45, 7) is 4.67. The first-order valence-corrected chi connectivity index (χ1v) is 19.6. The van der Waals surface area contributed by atoms with Crippen molar-refractivity contribution in [2.75, 3.05) is 45.4 Å². The predicted molar refractivity (Wildman–Crippen MR) is 191 cm³/mol. The molecule has 10 nitrogen and oxygen atoms in total. The first-order chi connectivity index (χ1) is 24.3. The predicted octanol–water partition coefficient (Wildman–Crippen LogP) is 7.65. The number of thioether (sulfide) groups is 1. The van der Waals surface area contributed by atoms with Crippen molar-refractivity contribution in [3.8, 4) is 65.5 Å². The number of phenols is 2. The summed E-state index contributed by atoms with van der Waals surface area (Å²) in [6.07, 6.45) is 0. The van der Waals surface area contributed by atoms with Gasteiger partial charge in [0, 0.05) is 44.4 Å². The van der Waals surface area contributed by atoms with E-state index >= 15 is 0 Å². The van der Waals surface area contributed by atoms with Gasteiger partial charge in [-0.05, 0) is 6.07 Å². The van der Waals surface area contributed by atoms with Crippen LogP contribution in [0.25, 0.3) is 19.5 Å². The van der Waals surface area contributed by atoms with Crippen molar-refractivity contribution in [1.29, 1.82) is 0 Å². The highest BCUT2D eigenvalue weighted by atomic mass is 32.2. The highest BCUT2D eigenvalue weighted by molar-refractivity contribution is 7.98. The molecule has 9 rings (SSSR count). The molecule has 2 N–H and O–H groups in total. The lowest BCUT2D eigenvalue weighted by atomic mass is 9.82. The zero-order valence-corrected chi connectivity index (χ0v) is 29.8. The van der Waals surface area contributed by atoms with Crippen molar-refractivity contribution in [3.63, 3.8) is 0 Å². The number of ketones is 2. The Bertz CT molecular complexity index is 2130. The molecule has 256 valence electrons. The summed E-state index contributed by atoms with van der Waals surface area (Å²) < 4.78 is 37.1. The van der Waals surface area contributed by atoms with Crippen LogP contribution < -0.4 is 28.4 Å². The lowest BCUT2D eigenvalue weighted by Gasteiger charge is -2.26. The third-order valence-corrected chi connectivity index (χ3v) is 13.7. The number of phenolic OH excluding ortho intramolecular Hbond substituents is 2. The van der Waals surface area contributed by atoms with Crippen LogP contribution in [0.5, 0.6) is 46.0 Å². The van der Waals surface area contributed by atoms with Crippen LogP contribution in [0.2, 0.25) is 0 Å². The fourth-order valence-electron chi connectivity index (χ4n) is 6.45. The number of hydrogen-bond donors (Lipinski definition) is 2. The van der Waals surface area contributed by atoms with Gasteiger partial charge in [-0.2, -0.15) is 11.8 Å². The molecule has 6 heterocycles. The van der Waals surface area contributed by atoms with Crippen LogP contribution in [0.3, 0.4) is 0 Å². The molecule has 50 heavy (non-hydrogen) atoms. The van der Waals surface area contributed by atoms with Crippen molar-refractivity contribution in [2.24, 2.45) is 5.41 Å². The second-order valence-electron chi connectivity index (χ2n) is 12.6. The number of carbonyl (C=O) groups excluding carboxylic acids is 2. The van der Waals surface area contributed by atoms with E-state index in [-0.39, 0.29) is 39.5 Å². The molecular weight excluding hydrogens is 721 g/mol. The number of aromatic hydroxyl groups is 2. The molecule has 4 aliphatic rings. The molecule has 1 aliphatic carbocycles. The average molecular weight is 749 g/mol. The standard InChI is InChI=1S/C36H28O10S4/c1-36(16-47-11-17-10-20(37)23-24(25(17)38)27(40)19-5-3-2-4-18(19)26(23)39)14-45-30-31(46-15-36)35(33-29-22(13-49-33)42-7-9-44-29)50-34(30)32-28-21(12-48-32)41-6-8-43-28/h2-5,10,12-13,37-38H,6-9,11,14-16H2,1H3. The van der Waals surface area contributed by atoms with E-state index in [0.29, 0.717) is 85.5 Å². The van der Waals surface area contributed by atoms with Gasteiger partial charge in [0.15, 0.2) is 46.1 Å². The van der Waals surface area contributed by atoms with Gasteiger partial charge >= 0.3 is 0 Å². The van der Waals surface area contributed by atoms with Crippen molar-refractivity contribution < 1.29 is 48.2 Å². The summed E-state index contributed by atoms with van der Waals surface area (Å²) in [5.41, 5.74) is 0.000360. The first-order valence-electron chi connectivity index (χ1n) is 15.8. The van der Waals surface area contributed by atoms with E-state index in [1.54, 1.807) is 35.6 Å². The summed E-state index contributed by atoms with van der Waals surface area (Å²) in [6, 6.07) is 7.81. The Morgan fingerprint density at radius 1 is 0.720 bits per heavy atom. The number of benzene rings is 2. The van der Waals surface area contributed by atoms with Crippen molar-refractivity contribution in [3.05, 3.63) is 68.9 Å². The fraction of sp³-hybridized carbons (Fsp3) is 0.278. The van der Waals surface area contributed by atoms with Crippen LogP contribution in [0.1, 0.15) is 44.3 Å². The zero-order valence-electron chi connectivity index (χ0n) is 26.5. The smallest absolute Gasteiger partial charge is 0.198 e. The second-order valence-corrected chi connectivity index (χ2v) is 16.3. The Labute approximate surface area is 302 Å². The molecule has 3 aliphatic heterocycles. The zero-order chi connectivity index (χ0) is 34.1. The van der Waals surface area contributed by atoms with Crippen molar-refractivity contribution in [2.45, 2.75) is 12.7 Å². The van der Waals surface area contributed by atoms with E-state index in [0.717, 1.165) is 19.5 Å². The van der Waals surface area contributed by atoms with Gasteiger partial charge in [-0.15, -0.1) is 34.0 Å².